The Bertz CT molecular complexity index is 634. The number of thiazole rings is 1. The molecule has 0 atom stereocenters. The second-order valence-corrected chi connectivity index (χ2v) is 6.03. The van der Waals surface area contributed by atoms with Crippen molar-refractivity contribution < 1.29 is 4.92 Å². The third-order valence-electron chi connectivity index (χ3n) is 3.74. The SMILES string of the molecule is CN1CCC(Nc2ccc3scnc3c2[N+](=O)[O-])CC1. The molecule has 2 aromatic rings. The molecule has 1 fully saturated rings. The zero-order valence-electron chi connectivity index (χ0n) is 11.2. The number of rotatable bonds is 3. The average Bonchev–Trinajstić information content (AvgIpc) is 2.89. The summed E-state index contributed by atoms with van der Waals surface area (Å²) in [4.78, 5) is 17.4. The molecule has 0 saturated carbocycles. The first kappa shape index (κ1) is 13.3. The van der Waals surface area contributed by atoms with Gasteiger partial charge in [-0.25, -0.2) is 4.98 Å². The van der Waals surface area contributed by atoms with Gasteiger partial charge in [0.25, 0.3) is 0 Å². The van der Waals surface area contributed by atoms with E-state index in [9.17, 15) is 10.1 Å². The van der Waals surface area contributed by atoms with Gasteiger partial charge in [0.2, 0.25) is 0 Å². The van der Waals surface area contributed by atoms with E-state index < -0.39 is 0 Å². The minimum Gasteiger partial charge on any atom is -0.377 e. The van der Waals surface area contributed by atoms with E-state index in [-0.39, 0.29) is 10.6 Å². The molecule has 20 heavy (non-hydrogen) atoms. The van der Waals surface area contributed by atoms with Crippen molar-refractivity contribution in [2.24, 2.45) is 0 Å². The van der Waals surface area contributed by atoms with Crippen molar-refractivity contribution >= 4 is 32.9 Å². The predicted molar refractivity (Wildman–Crippen MR) is 80.4 cm³/mol. The fourth-order valence-corrected chi connectivity index (χ4v) is 3.27. The minimum atomic E-state index is -0.334. The van der Waals surface area contributed by atoms with Crippen LogP contribution in [0.3, 0.4) is 0 Å². The third-order valence-corrected chi connectivity index (χ3v) is 4.53. The maximum absolute atomic E-state index is 11.3. The first-order valence-corrected chi connectivity index (χ1v) is 7.49. The van der Waals surface area contributed by atoms with Gasteiger partial charge in [0, 0.05) is 6.04 Å². The molecule has 0 bridgehead atoms. The molecule has 0 aliphatic carbocycles. The number of piperidine rings is 1. The summed E-state index contributed by atoms with van der Waals surface area (Å²) in [5, 5.41) is 14.7. The minimum absolute atomic E-state index is 0.0997. The van der Waals surface area contributed by atoms with Crippen LogP contribution in [0.2, 0.25) is 0 Å². The predicted octanol–water partition coefficient (Wildman–Crippen LogP) is 2.71. The molecular formula is C13H16N4O2S. The average molecular weight is 292 g/mol. The molecule has 6 nitrogen and oxygen atoms in total. The van der Waals surface area contributed by atoms with Gasteiger partial charge in [-0.1, -0.05) is 0 Å². The van der Waals surface area contributed by atoms with E-state index in [4.69, 9.17) is 0 Å². The summed E-state index contributed by atoms with van der Waals surface area (Å²) in [6.07, 6.45) is 2.01. The van der Waals surface area contributed by atoms with Crippen LogP contribution in [0.5, 0.6) is 0 Å². The van der Waals surface area contributed by atoms with Crippen molar-refractivity contribution in [1.82, 2.24) is 9.88 Å². The molecule has 0 amide bonds. The number of nitrogens with zero attached hydrogens (tertiary/aromatic N) is 3. The Labute approximate surface area is 120 Å². The van der Waals surface area contributed by atoms with E-state index in [1.54, 1.807) is 11.6 Å². The first-order chi connectivity index (χ1) is 9.65. The quantitative estimate of drug-likeness (QED) is 0.695. The Morgan fingerprint density at radius 2 is 2.20 bits per heavy atom. The van der Waals surface area contributed by atoms with Crippen LogP contribution in [0.1, 0.15) is 12.8 Å². The highest BCUT2D eigenvalue weighted by atomic mass is 32.1. The topological polar surface area (TPSA) is 71.3 Å². The normalized spacial score (nSPS) is 17.4. The molecule has 0 unspecified atom stereocenters. The van der Waals surface area contributed by atoms with Gasteiger partial charge in [-0.2, -0.15) is 0 Å². The zero-order valence-corrected chi connectivity index (χ0v) is 12.0. The van der Waals surface area contributed by atoms with Gasteiger partial charge in [-0.15, -0.1) is 11.3 Å². The van der Waals surface area contributed by atoms with Crippen LogP contribution >= 0.6 is 11.3 Å². The molecule has 1 N–H and O–H groups in total. The summed E-state index contributed by atoms with van der Waals surface area (Å²) < 4.78 is 0.852. The van der Waals surface area contributed by atoms with E-state index >= 15 is 0 Å². The molecule has 1 aromatic carbocycles. The second kappa shape index (κ2) is 5.34. The van der Waals surface area contributed by atoms with Crippen molar-refractivity contribution in [3.63, 3.8) is 0 Å². The zero-order chi connectivity index (χ0) is 14.1. The lowest BCUT2D eigenvalue weighted by atomic mass is 10.0. The highest BCUT2D eigenvalue weighted by Gasteiger charge is 2.24. The van der Waals surface area contributed by atoms with E-state index in [0.717, 1.165) is 30.6 Å². The molecule has 106 valence electrons. The number of aromatic nitrogens is 1. The Kier molecular flexibility index (Phi) is 3.54. The van der Waals surface area contributed by atoms with Gasteiger partial charge in [0.15, 0.2) is 5.52 Å². The lowest BCUT2D eigenvalue weighted by Gasteiger charge is -2.30. The Hall–Kier alpha value is -1.73. The summed E-state index contributed by atoms with van der Waals surface area (Å²) in [6, 6.07) is 4.00. The number of hydrogen-bond donors (Lipinski definition) is 1. The summed E-state index contributed by atoms with van der Waals surface area (Å²) in [5.41, 5.74) is 2.82. The van der Waals surface area contributed by atoms with Crippen LogP contribution < -0.4 is 5.32 Å². The standard InChI is InChI=1S/C13H16N4O2S/c1-16-6-4-9(5-7-16)15-10-2-3-11-12(14-8-20-11)13(10)17(18)19/h2-3,8-9,15H,4-7H2,1H3. The first-order valence-electron chi connectivity index (χ1n) is 6.61. The number of fused-ring (bicyclic) bond motifs is 1. The number of nitro benzene ring substituents is 1. The van der Waals surface area contributed by atoms with Crippen LogP contribution in [0.25, 0.3) is 10.2 Å². The van der Waals surface area contributed by atoms with Gasteiger partial charge in [0.1, 0.15) is 5.69 Å². The maximum Gasteiger partial charge on any atom is 0.319 e. The van der Waals surface area contributed by atoms with Crippen LogP contribution in [0.4, 0.5) is 11.4 Å². The number of nitro groups is 1. The molecule has 1 saturated heterocycles. The highest BCUT2D eigenvalue weighted by molar-refractivity contribution is 7.16. The van der Waals surface area contributed by atoms with Crippen molar-refractivity contribution in [3.8, 4) is 0 Å². The fraction of sp³-hybridized carbons (Fsp3) is 0.462. The van der Waals surface area contributed by atoms with Crippen LogP contribution in [0, 0.1) is 10.1 Å². The highest BCUT2D eigenvalue weighted by Crippen LogP contribution is 2.35. The largest absolute Gasteiger partial charge is 0.377 e. The number of anilines is 1. The summed E-state index contributed by atoms with van der Waals surface area (Å²) in [7, 11) is 2.10. The molecule has 2 heterocycles. The van der Waals surface area contributed by atoms with Crippen molar-refractivity contribution in [1.29, 1.82) is 0 Å². The van der Waals surface area contributed by atoms with Gasteiger partial charge < -0.3 is 10.2 Å². The van der Waals surface area contributed by atoms with Crippen LogP contribution in [-0.2, 0) is 0 Å². The third kappa shape index (κ3) is 2.46. The van der Waals surface area contributed by atoms with Gasteiger partial charge >= 0.3 is 5.69 Å². The summed E-state index contributed by atoms with van der Waals surface area (Å²) >= 11 is 1.42. The smallest absolute Gasteiger partial charge is 0.319 e. The molecule has 3 rings (SSSR count). The maximum atomic E-state index is 11.3. The van der Waals surface area contributed by atoms with Crippen molar-refractivity contribution in [2.75, 3.05) is 25.5 Å². The number of likely N-dealkylation sites (tertiary alicyclic amines) is 1. The van der Waals surface area contributed by atoms with Crippen LogP contribution in [-0.4, -0.2) is 41.0 Å². The summed E-state index contributed by atoms with van der Waals surface area (Å²) in [6.45, 7) is 2.04. The number of nitrogens with one attached hydrogen (secondary N) is 1. The fourth-order valence-electron chi connectivity index (χ4n) is 2.59. The Morgan fingerprint density at radius 1 is 1.45 bits per heavy atom. The van der Waals surface area contributed by atoms with E-state index in [1.165, 1.54) is 11.3 Å². The van der Waals surface area contributed by atoms with Crippen LogP contribution in [0.15, 0.2) is 17.6 Å². The summed E-state index contributed by atoms with van der Waals surface area (Å²) in [5.74, 6) is 0. The molecular weight excluding hydrogens is 276 g/mol. The lowest BCUT2D eigenvalue weighted by Crippen LogP contribution is -2.36. The van der Waals surface area contributed by atoms with Crippen molar-refractivity contribution in [2.45, 2.75) is 18.9 Å². The number of hydrogen-bond acceptors (Lipinski definition) is 6. The van der Waals surface area contributed by atoms with E-state index in [2.05, 4.69) is 22.2 Å². The molecule has 0 spiro atoms. The monoisotopic (exact) mass is 292 g/mol. The van der Waals surface area contributed by atoms with Gasteiger partial charge in [-0.05, 0) is 45.1 Å². The Morgan fingerprint density at radius 3 is 2.90 bits per heavy atom. The number of benzene rings is 1. The molecule has 0 radical (unpaired) electrons. The molecule has 1 aliphatic rings. The molecule has 1 aliphatic heterocycles. The van der Waals surface area contributed by atoms with Gasteiger partial charge in [-0.3, -0.25) is 10.1 Å². The van der Waals surface area contributed by atoms with E-state index in [1.807, 2.05) is 6.07 Å². The lowest BCUT2D eigenvalue weighted by molar-refractivity contribution is -0.382. The second-order valence-electron chi connectivity index (χ2n) is 5.14. The molecule has 7 heteroatoms. The van der Waals surface area contributed by atoms with Gasteiger partial charge in [0.05, 0.1) is 15.1 Å². The van der Waals surface area contributed by atoms with E-state index in [0.29, 0.717) is 17.2 Å². The van der Waals surface area contributed by atoms with Crippen molar-refractivity contribution in [3.05, 3.63) is 27.8 Å². The molecule has 1 aromatic heterocycles. The Balaban J connectivity index is 1.90.